The smallest absolute Gasteiger partial charge is 0.264 e. The molecule has 0 saturated carbocycles. The summed E-state index contributed by atoms with van der Waals surface area (Å²) in [6.45, 7) is 1.47. The molecule has 0 aromatic heterocycles. The molecular weight excluding hydrogens is 282 g/mol. The van der Waals surface area contributed by atoms with Gasteiger partial charge in [-0.25, -0.2) is 13.1 Å². The number of halogens is 1. The molecule has 0 aliphatic carbocycles. The summed E-state index contributed by atoms with van der Waals surface area (Å²) >= 11 is 3.22. The van der Waals surface area contributed by atoms with Crippen molar-refractivity contribution in [1.82, 2.24) is 4.72 Å². The zero-order valence-corrected chi connectivity index (χ0v) is 10.4. The molecule has 0 atom stereocenters. The van der Waals surface area contributed by atoms with Gasteiger partial charge < -0.3 is 0 Å². The van der Waals surface area contributed by atoms with Gasteiger partial charge in [0.1, 0.15) is 0 Å². The number of hydrogen-bond donors (Lipinski definition) is 1. The molecule has 0 aliphatic heterocycles. The second-order valence-corrected chi connectivity index (χ2v) is 5.77. The number of hydrogen-bond acceptors (Lipinski definition) is 3. The minimum Gasteiger partial charge on any atom is -0.268 e. The molecule has 0 heterocycles. The minimum atomic E-state index is -3.49. The summed E-state index contributed by atoms with van der Waals surface area (Å²) in [4.78, 5) is 11.4. The van der Waals surface area contributed by atoms with Gasteiger partial charge in [0.2, 0.25) is 10.0 Å². The van der Waals surface area contributed by atoms with E-state index in [4.69, 9.17) is 0 Å². The second kappa shape index (κ2) is 4.76. The Bertz CT molecular complexity index is 453. The van der Waals surface area contributed by atoms with Crippen molar-refractivity contribution in [3.8, 4) is 0 Å². The van der Waals surface area contributed by atoms with Gasteiger partial charge >= 0.3 is 0 Å². The zero-order valence-electron chi connectivity index (χ0n) is 8.03. The molecule has 0 saturated heterocycles. The van der Waals surface area contributed by atoms with E-state index in [9.17, 15) is 13.2 Å². The molecule has 4 nitrogen and oxygen atoms in total. The van der Waals surface area contributed by atoms with Crippen LogP contribution in [-0.4, -0.2) is 20.1 Å². The Hall–Kier alpha value is -0.880. The highest BCUT2D eigenvalue weighted by Crippen LogP contribution is 2.10. The van der Waals surface area contributed by atoms with E-state index in [1.54, 1.807) is 24.3 Å². The molecule has 1 aromatic carbocycles. The number of benzene rings is 1. The molecule has 15 heavy (non-hydrogen) atoms. The summed E-state index contributed by atoms with van der Waals surface area (Å²) in [5.74, 6) is -0.723. The first kappa shape index (κ1) is 12.2. The van der Waals surface area contributed by atoms with Crippen LogP contribution in [0.3, 0.4) is 0 Å². The summed E-state index contributed by atoms with van der Waals surface area (Å²) in [6, 6.07) is 6.44. The highest BCUT2D eigenvalue weighted by Gasteiger charge is 2.13. The standard InChI is InChI=1S/C9H10BrNO3S/c1-2-15(13,14)11-9(12)7-3-5-8(10)6-4-7/h3-6H,2H2,1H3,(H,11,12). The number of amides is 1. The molecule has 0 spiro atoms. The predicted octanol–water partition coefficient (Wildman–Crippen LogP) is 1.53. The lowest BCUT2D eigenvalue weighted by atomic mass is 10.2. The van der Waals surface area contributed by atoms with Crippen LogP contribution in [0.1, 0.15) is 17.3 Å². The molecule has 1 aromatic rings. The lowest BCUT2D eigenvalue weighted by Gasteiger charge is -2.04. The SMILES string of the molecule is CCS(=O)(=O)NC(=O)c1ccc(Br)cc1. The molecule has 0 unspecified atom stereocenters. The quantitative estimate of drug-likeness (QED) is 0.919. The Kier molecular flexibility index (Phi) is 3.87. The number of carbonyl (C=O) groups is 1. The van der Waals surface area contributed by atoms with Crippen LogP contribution in [0, 0.1) is 0 Å². The Morgan fingerprint density at radius 2 is 1.87 bits per heavy atom. The van der Waals surface area contributed by atoms with Crippen LogP contribution in [0.25, 0.3) is 0 Å². The Morgan fingerprint density at radius 3 is 2.33 bits per heavy atom. The first-order valence-corrected chi connectivity index (χ1v) is 6.69. The van der Waals surface area contributed by atoms with Crippen molar-refractivity contribution in [3.05, 3.63) is 34.3 Å². The number of rotatable bonds is 3. The lowest BCUT2D eigenvalue weighted by Crippen LogP contribution is -2.31. The van der Waals surface area contributed by atoms with Crippen LogP contribution in [-0.2, 0) is 10.0 Å². The molecule has 1 rings (SSSR count). The van der Waals surface area contributed by atoms with Gasteiger partial charge in [-0.05, 0) is 31.2 Å². The molecule has 0 fully saturated rings. The fourth-order valence-corrected chi connectivity index (χ4v) is 1.68. The molecule has 0 bridgehead atoms. The van der Waals surface area contributed by atoms with Crippen molar-refractivity contribution >= 4 is 31.9 Å². The lowest BCUT2D eigenvalue weighted by molar-refractivity contribution is 0.0981. The largest absolute Gasteiger partial charge is 0.268 e. The van der Waals surface area contributed by atoms with E-state index >= 15 is 0 Å². The fourth-order valence-electron chi connectivity index (χ4n) is 0.874. The van der Waals surface area contributed by atoms with Crippen LogP contribution in [0.15, 0.2) is 28.7 Å². The van der Waals surface area contributed by atoms with Gasteiger partial charge in [-0.2, -0.15) is 0 Å². The third-order valence-electron chi connectivity index (χ3n) is 1.73. The normalized spacial score (nSPS) is 11.1. The molecule has 0 radical (unpaired) electrons. The van der Waals surface area contributed by atoms with Gasteiger partial charge in [-0.3, -0.25) is 4.79 Å². The van der Waals surface area contributed by atoms with E-state index in [-0.39, 0.29) is 5.75 Å². The van der Waals surface area contributed by atoms with E-state index in [0.29, 0.717) is 5.56 Å². The zero-order chi connectivity index (χ0) is 11.5. The highest BCUT2D eigenvalue weighted by atomic mass is 79.9. The van der Waals surface area contributed by atoms with Gasteiger partial charge in [0.05, 0.1) is 5.75 Å². The molecule has 82 valence electrons. The van der Waals surface area contributed by atoms with Crippen molar-refractivity contribution < 1.29 is 13.2 Å². The predicted molar refractivity (Wildman–Crippen MR) is 61.1 cm³/mol. The van der Waals surface area contributed by atoms with Crippen LogP contribution < -0.4 is 4.72 Å². The van der Waals surface area contributed by atoms with Crippen molar-refractivity contribution in [2.24, 2.45) is 0 Å². The van der Waals surface area contributed by atoms with Crippen molar-refractivity contribution in [3.63, 3.8) is 0 Å². The maximum Gasteiger partial charge on any atom is 0.264 e. The summed E-state index contributed by atoms with van der Waals surface area (Å²) < 4.78 is 25.0. The van der Waals surface area contributed by atoms with Crippen molar-refractivity contribution in [1.29, 1.82) is 0 Å². The maximum atomic E-state index is 11.4. The van der Waals surface area contributed by atoms with E-state index in [1.807, 2.05) is 4.72 Å². The van der Waals surface area contributed by atoms with Gasteiger partial charge in [0.15, 0.2) is 0 Å². The van der Waals surface area contributed by atoms with Gasteiger partial charge in [0.25, 0.3) is 5.91 Å². The minimum absolute atomic E-state index is 0.116. The van der Waals surface area contributed by atoms with Crippen LogP contribution in [0.4, 0.5) is 0 Å². The Morgan fingerprint density at radius 1 is 1.33 bits per heavy atom. The van der Waals surface area contributed by atoms with E-state index in [0.717, 1.165) is 4.47 Å². The summed E-state index contributed by atoms with van der Waals surface area (Å²) in [7, 11) is -3.49. The second-order valence-electron chi connectivity index (χ2n) is 2.84. The Labute approximate surface area is 96.9 Å². The summed E-state index contributed by atoms with van der Waals surface area (Å²) in [5.41, 5.74) is 0.315. The van der Waals surface area contributed by atoms with Crippen LogP contribution in [0.5, 0.6) is 0 Å². The monoisotopic (exact) mass is 291 g/mol. The summed E-state index contributed by atoms with van der Waals surface area (Å²) in [6.07, 6.45) is 0. The molecule has 6 heteroatoms. The van der Waals surface area contributed by atoms with Gasteiger partial charge in [-0.1, -0.05) is 15.9 Å². The van der Waals surface area contributed by atoms with E-state index in [2.05, 4.69) is 15.9 Å². The Balaban J connectivity index is 2.83. The molecule has 0 aliphatic rings. The van der Waals surface area contributed by atoms with Crippen molar-refractivity contribution in [2.75, 3.05) is 5.75 Å². The molecule has 1 amide bonds. The van der Waals surface area contributed by atoms with E-state index in [1.165, 1.54) is 6.92 Å². The topological polar surface area (TPSA) is 63.2 Å². The van der Waals surface area contributed by atoms with Crippen LogP contribution in [0.2, 0.25) is 0 Å². The molecule has 1 N–H and O–H groups in total. The number of carbonyl (C=O) groups excluding carboxylic acids is 1. The average Bonchev–Trinajstić information content (AvgIpc) is 2.18. The van der Waals surface area contributed by atoms with Gasteiger partial charge in [0, 0.05) is 10.0 Å². The first-order chi connectivity index (χ1) is 6.94. The third-order valence-corrected chi connectivity index (χ3v) is 3.52. The van der Waals surface area contributed by atoms with Crippen LogP contribution >= 0.6 is 15.9 Å². The highest BCUT2D eigenvalue weighted by molar-refractivity contribution is 9.10. The maximum absolute atomic E-state index is 11.4. The average molecular weight is 292 g/mol. The number of nitrogens with one attached hydrogen (secondary N) is 1. The third kappa shape index (κ3) is 3.64. The number of sulfonamides is 1. The first-order valence-electron chi connectivity index (χ1n) is 4.25. The van der Waals surface area contributed by atoms with E-state index < -0.39 is 15.9 Å². The fraction of sp³-hybridized carbons (Fsp3) is 0.222. The molecular formula is C9H10BrNO3S. The van der Waals surface area contributed by atoms with Crippen molar-refractivity contribution in [2.45, 2.75) is 6.92 Å². The summed E-state index contributed by atoms with van der Waals surface area (Å²) in [5, 5.41) is 0. The van der Waals surface area contributed by atoms with Gasteiger partial charge in [-0.15, -0.1) is 0 Å².